The van der Waals surface area contributed by atoms with E-state index in [1.54, 1.807) is 0 Å². The highest BCUT2D eigenvalue weighted by atomic mass is 32.1. The van der Waals surface area contributed by atoms with Gasteiger partial charge in [-0.2, -0.15) is 11.3 Å². The molecule has 1 aliphatic heterocycles. The lowest BCUT2D eigenvalue weighted by molar-refractivity contribution is 0.0616. The molecule has 1 atom stereocenters. The second-order valence-corrected chi connectivity index (χ2v) is 6.64. The maximum Gasteiger partial charge on any atom is 0.319 e. The van der Waals surface area contributed by atoms with Crippen LogP contribution in [0.5, 0.6) is 0 Å². The van der Waals surface area contributed by atoms with Crippen LogP contribution in [0.15, 0.2) is 47.2 Å². The lowest BCUT2D eigenvalue weighted by Gasteiger charge is -2.35. The number of benzene rings is 1. The third kappa shape index (κ3) is 4.14. The Hall–Kier alpha value is -2.34. The number of carbonyl (C=O) groups excluding carboxylic acids is 2. The molecular formula is C18H21N3O2S. The zero-order valence-electron chi connectivity index (χ0n) is 13.4. The van der Waals surface area contributed by atoms with Crippen molar-refractivity contribution in [3.63, 3.8) is 0 Å². The first-order valence-electron chi connectivity index (χ1n) is 8.17. The Morgan fingerprint density at radius 2 is 2.00 bits per heavy atom. The highest BCUT2D eigenvalue weighted by Crippen LogP contribution is 2.20. The van der Waals surface area contributed by atoms with Crippen molar-refractivity contribution < 1.29 is 9.59 Å². The monoisotopic (exact) mass is 343 g/mol. The predicted octanol–water partition coefficient (Wildman–Crippen LogP) is 3.56. The average molecular weight is 343 g/mol. The van der Waals surface area contributed by atoms with E-state index in [9.17, 15) is 9.59 Å². The van der Waals surface area contributed by atoms with E-state index in [2.05, 4.69) is 10.6 Å². The van der Waals surface area contributed by atoms with Gasteiger partial charge in [-0.3, -0.25) is 4.79 Å². The van der Waals surface area contributed by atoms with E-state index in [4.69, 9.17) is 0 Å². The minimum absolute atomic E-state index is 0.0488. The number of piperidine rings is 1. The van der Waals surface area contributed by atoms with Gasteiger partial charge in [-0.25, -0.2) is 4.79 Å². The molecule has 6 heteroatoms. The Kier molecular flexibility index (Phi) is 5.48. The Morgan fingerprint density at radius 3 is 2.75 bits per heavy atom. The molecule has 1 aromatic carbocycles. The molecule has 2 aromatic rings. The van der Waals surface area contributed by atoms with Crippen molar-refractivity contribution in [2.45, 2.75) is 25.3 Å². The van der Waals surface area contributed by atoms with Gasteiger partial charge in [0.05, 0.1) is 5.56 Å². The molecule has 126 valence electrons. The van der Waals surface area contributed by atoms with Gasteiger partial charge in [-0.15, -0.1) is 0 Å². The lowest BCUT2D eigenvalue weighted by atomic mass is 10.0. The molecule has 1 unspecified atom stereocenters. The number of hydrogen-bond acceptors (Lipinski definition) is 3. The normalized spacial score (nSPS) is 17.3. The molecule has 1 fully saturated rings. The van der Waals surface area contributed by atoms with Crippen molar-refractivity contribution in [2.75, 3.05) is 18.4 Å². The number of likely N-dealkylation sites (tertiary alicyclic amines) is 1. The molecular weight excluding hydrogens is 322 g/mol. The van der Waals surface area contributed by atoms with Gasteiger partial charge in [-0.05, 0) is 42.8 Å². The SMILES string of the molecule is O=C(NCC1CCCCN1C(=O)c1ccsc1)Nc1ccccc1. The fourth-order valence-corrected chi connectivity index (χ4v) is 3.57. The third-order valence-electron chi connectivity index (χ3n) is 4.19. The van der Waals surface area contributed by atoms with Crippen molar-refractivity contribution in [3.05, 3.63) is 52.7 Å². The summed E-state index contributed by atoms with van der Waals surface area (Å²) in [6, 6.07) is 11.0. The van der Waals surface area contributed by atoms with Gasteiger partial charge in [0.1, 0.15) is 0 Å². The number of thiophene rings is 1. The van der Waals surface area contributed by atoms with Crippen molar-refractivity contribution in [3.8, 4) is 0 Å². The molecule has 1 aromatic heterocycles. The minimum atomic E-state index is -0.241. The van der Waals surface area contributed by atoms with Gasteiger partial charge >= 0.3 is 6.03 Å². The molecule has 0 bridgehead atoms. The summed E-state index contributed by atoms with van der Waals surface area (Å²) >= 11 is 1.53. The van der Waals surface area contributed by atoms with Crippen LogP contribution in [0.2, 0.25) is 0 Å². The zero-order chi connectivity index (χ0) is 16.8. The standard InChI is InChI=1S/C18H21N3O2S/c22-17(14-9-11-24-13-14)21-10-5-4-8-16(21)12-19-18(23)20-15-6-2-1-3-7-15/h1-3,6-7,9,11,13,16H,4-5,8,10,12H2,(H2,19,20,23). The Balaban J connectivity index is 1.56. The first-order valence-corrected chi connectivity index (χ1v) is 9.11. The number of carbonyl (C=O) groups is 2. The van der Waals surface area contributed by atoms with Crippen LogP contribution in [0.4, 0.5) is 10.5 Å². The van der Waals surface area contributed by atoms with Gasteiger partial charge in [0.2, 0.25) is 0 Å². The maximum absolute atomic E-state index is 12.6. The van der Waals surface area contributed by atoms with Crippen LogP contribution < -0.4 is 10.6 Å². The Morgan fingerprint density at radius 1 is 1.17 bits per heavy atom. The molecule has 3 amide bonds. The van der Waals surface area contributed by atoms with Crippen LogP contribution in [-0.4, -0.2) is 36.0 Å². The number of nitrogens with one attached hydrogen (secondary N) is 2. The zero-order valence-corrected chi connectivity index (χ0v) is 14.2. The summed E-state index contributed by atoms with van der Waals surface area (Å²) in [5, 5.41) is 9.48. The van der Waals surface area contributed by atoms with E-state index < -0.39 is 0 Å². The van der Waals surface area contributed by atoms with Crippen molar-refractivity contribution in [1.29, 1.82) is 0 Å². The molecule has 3 rings (SSSR count). The predicted molar refractivity (Wildman–Crippen MR) is 96.5 cm³/mol. The van der Waals surface area contributed by atoms with Gasteiger partial charge < -0.3 is 15.5 Å². The van der Waals surface area contributed by atoms with Crippen LogP contribution in [0.3, 0.4) is 0 Å². The van der Waals surface area contributed by atoms with Crippen LogP contribution in [0, 0.1) is 0 Å². The summed E-state index contributed by atoms with van der Waals surface area (Å²) < 4.78 is 0. The van der Waals surface area contributed by atoms with Crippen LogP contribution >= 0.6 is 11.3 Å². The second kappa shape index (κ2) is 7.97. The number of urea groups is 1. The number of rotatable bonds is 4. The van der Waals surface area contributed by atoms with E-state index >= 15 is 0 Å². The first kappa shape index (κ1) is 16.5. The molecule has 0 aliphatic carbocycles. The van der Waals surface area contributed by atoms with Gasteiger partial charge in [0.25, 0.3) is 5.91 Å². The highest BCUT2D eigenvalue weighted by Gasteiger charge is 2.27. The van der Waals surface area contributed by atoms with Gasteiger partial charge in [0.15, 0.2) is 0 Å². The summed E-state index contributed by atoms with van der Waals surface area (Å²) in [5.41, 5.74) is 1.49. The van der Waals surface area contributed by atoms with Crippen LogP contribution in [0.1, 0.15) is 29.6 Å². The molecule has 5 nitrogen and oxygen atoms in total. The summed E-state index contributed by atoms with van der Waals surface area (Å²) in [5.74, 6) is 0.0613. The molecule has 2 N–H and O–H groups in total. The maximum atomic E-state index is 12.6. The summed E-state index contributed by atoms with van der Waals surface area (Å²) in [6.07, 6.45) is 3.02. The van der Waals surface area contributed by atoms with Crippen LogP contribution in [-0.2, 0) is 0 Å². The topological polar surface area (TPSA) is 61.4 Å². The Labute approximate surface area is 145 Å². The summed E-state index contributed by atoms with van der Waals surface area (Å²) in [7, 11) is 0. The van der Waals surface area contributed by atoms with Crippen molar-refractivity contribution >= 4 is 29.0 Å². The molecule has 24 heavy (non-hydrogen) atoms. The largest absolute Gasteiger partial charge is 0.336 e. The fourth-order valence-electron chi connectivity index (χ4n) is 2.94. The van der Waals surface area contributed by atoms with Gasteiger partial charge in [-0.1, -0.05) is 18.2 Å². The van der Waals surface area contributed by atoms with Crippen molar-refractivity contribution in [2.24, 2.45) is 0 Å². The number of anilines is 1. The molecule has 0 spiro atoms. The lowest BCUT2D eigenvalue weighted by Crippen LogP contribution is -2.49. The first-order chi connectivity index (χ1) is 11.7. The summed E-state index contributed by atoms with van der Waals surface area (Å²) in [4.78, 5) is 26.5. The molecule has 0 saturated carbocycles. The van der Waals surface area contributed by atoms with E-state index in [1.807, 2.05) is 52.1 Å². The number of nitrogens with zero attached hydrogens (tertiary/aromatic N) is 1. The number of para-hydroxylation sites is 1. The quantitative estimate of drug-likeness (QED) is 0.891. The third-order valence-corrected chi connectivity index (χ3v) is 4.87. The van der Waals surface area contributed by atoms with E-state index in [-0.39, 0.29) is 18.0 Å². The smallest absolute Gasteiger partial charge is 0.319 e. The number of hydrogen-bond donors (Lipinski definition) is 2. The van der Waals surface area contributed by atoms with E-state index in [0.717, 1.165) is 37.1 Å². The van der Waals surface area contributed by atoms with Crippen molar-refractivity contribution in [1.82, 2.24) is 10.2 Å². The Bertz CT molecular complexity index is 673. The fraction of sp³-hybridized carbons (Fsp3) is 0.333. The van der Waals surface area contributed by atoms with Gasteiger partial charge in [0, 0.05) is 30.2 Å². The molecule has 1 saturated heterocycles. The average Bonchev–Trinajstić information content (AvgIpc) is 3.15. The highest BCUT2D eigenvalue weighted by molar-refractivity contribution is 7.08. The molecule has 2 heterocycles. The molecule has 1 aliphatic rings. The molecule has 0 radical (unpaired) electrons. The minimum Gasteiger partial charge on any atom is -0.336 e. The van der Waals surface area contributed by atoms with E-state index in [1.165, 1.54) is 11.3 Å². The van der Waals surface area contributed by atoms with Crippen LogP contribution in [0.25, 0.3) is 0 Å². The summed E-state index contributed by atoms with van der Waals surface area (Å²) in [6.45, 7) is 1.22. The van der Waals surface area contributed by atoms with E-state index in [0.29, 0.717) is 6.54 Å². The second-order valence-electron chi connectivity index (χ2n) is 5.86. The number of amides is 3.